The zero-order valence-electron chi connectivity index (χ0n) is 16.5. The molecule has 0 radical (unpaired) electrons. The summed E-state index contributed by atoms with van der Waals surface area (Å²) in [5, 5.41) is 2.86. The molecule has 5 heteroatoms. The van der Waals surface area contributed by atoms with Crippen LogP contribution in [0.25, 0.3) is 0 Å². The average Bonchev–Trinajstić information content (AvgIpc) is 3.02. The number of carbonyl (C=O) groups is 1. The van der Waals surface area contributed by atoms with E-state index in [-0.39, 0.29) is 12.2 Å². The van der Waals surface area contributed by atoms with Gasteiger partial charge in [-0.1, -0.05) is 38.3 Å². The molecule has 1 aromatic carbocycles. The van der Waals surface area contributed by atoms with Crippen molar-refractivity contribution in [3.8, 4) is 5.75 Å². The summed E-state index contributed by atoms with van der Waals surface area (Å²) >= 11 is 0. The Labute approximate surface area is 158 Å². The van der Waals surface area contributed by atoms with Gasteiger partial charge >= 0.3 is 6.09 Å². The first-order valence-corrected chi connectivity index (χ1v) is 9.94. The van der Waals surface area contributed by atoms with Gasteiger partial charge in [0.15, 0.2) is 0 Å². The van der Waals surface area contributed by atoms with Gasteiger partial charge in [0.25, 0.3) is 0 Å². The second-order valence-corrected chi connectivity index (χ2v) is 7.43. The van der Waals surface area contributed by atoms with Gasteiger partial charge in [-0.05, 0) is 51.9 Å². The molecule has 1 N–H and O–H groups in total. The number of carbonyl (C=O) groups excluding carboxylic acids is 1. The number of nitrogens with one attached hydrogen (secondary N) is 1. The Morgan fingerprint density at radius 3 is 2.77 bits per heavy atom. The van der Waals surface area contributed by atoms with Crippen LogP contribution in [0.5, 0.6) is 5.75 Å². The van der Waals surface area contributed by atoms with Crippen LogP contribution >= 0.6 is 0 Å². The molecular formula is C21H34N2O3. The summed E-state index contributed by atoms with van der Waals surface area (Å²) in [5.74, 6) is 1.12. The van der Waals surface area contributed by atoms with E-state index < -0.39 is 0 Å². The molecule has 0 saturated heterocycles. The molecule has 1 saturated carbocycles. The highest BCUT2D eigenvalue weighted by molar-refractivity contribution is 5.86. The first-order chi connectivity index (χ1) is 12.6. The van der Waals surface area contributed by atoms with E-state index in [0.29, 0.717) is 24.0 Å². The number of anilines is 1. The van der Waals surface area contributed by atoms with Gasteiger partial charge in [-0.25, -0.2) is 4.79 Å². The van der Waals surface area contributed by atoms with Crippen LogP contribution < -0.4 is 10.1 Å². The third-order valence-electron chi connectivity index (χ3n) is 4.83. The lowest BCUT2D eigenvalue weighted by Crippen LogP contribution is -2.31. The fourth-order valence-electron chi connectivity index (χ4n) is 3.52. The quantitative estimate of drug-likeness (QED) is 0.600. The first-order valence-electron chi connectivity index (χ1n) is 9.94. The molecule has 1 fully saturated rings. The highest BCUT2D eigenvalue weighted by Crippen LogP contribution is 2.30. The van der Waals surface area contributed by atoms with Crippen molar-refractivity contribution in [1.82, 2.24) is 4.90 Å². The number of unbranched alkanes of at least 4 members (excludes halogenated alkanes) is 3. The maximum atomic E-state index is 12.4. The smallest absolute Gasteiger partial charge is 0.412 e. The molecule has 2 atom stereocenters. The molecule has 26 heavy (non-hydrogen) atoms. The zero-order valence-corrected chi connectivity index (χ0v) is 16.5. The number of nitrogens with zero attached hydrogens (tertiary/aromatic N) is 1. The van der Waals surface area contributed by atoms with Gasteiger partial charge < -0.3 is 14.4 Å². The van der Waals surface area contributed by atoms with Crippen molar-refractivity contribution in [3.63, 3.8) is 0 Å². The largest absolute Gasteiger partial charge is 0.491 e. The van der Waals surface area contributed by atoms with Crippen molar-refractivity contribution in [2.75, 3.05) is 32.6 Å². The van der Waals surface area contributed by atoms with E-state index >= 15 is 0 Å². The van der Waals surface area contributed by atoms with E-state index in [1.165, 1.54) is 19.3 Å². The Morgan fingerprint density at radius 2 is 2.00 bits per heavy atom. The number of benzene rings is 1. The van der Waals surface area contributed by atoms with Crippen LogP contribution in [0.2, 0.25) is 0 Å². The minimum absolute atomic E-state index is 0.000440. The van der Waals surface area contributed by atoms with E-state index in [9.17, 15) is 4.79 Å². The fraction of sp³-hybridized carbons (Fsp3) is 0.667. The normalized spacial score (nSPS) is 19.5. The van der Waals surface area contributed by atoms with Crippen LogP contribution in [-0.2, 0) is 4.74 Å². The van der Waals surface area contributed by atoms with Gasteiger partial charge in [-0.2, -0.15) is 0 Å². The molecule has 0 heterocycles. The summed E-state index contributed by atoms with van der Waals surface area (Å²) in [5.41, 5.74) is 0.676. The third kappa shape index (κ3) is 6.87. The van der Waals surface area contributed by atoms with Gasteiger partial charge in [0, 0.05) is 12.5 Å². The number of ether oxygens (including phenoxy) is 2. The van der Waals surface area contributed by atoms with Gasteiger partial charge in [-0.3, -0.25) is 5.32 Å². The number of hydrogen-bond acceptors (Lipinski definition) is 4. The van der Waals surface area contributed by atoms with Crippen LogP contribution in [0, 0.1) is 5.92 Å². The molecule has 0 bridgehead atoms. The van der Waals surface area contributed by atoms with E-state index in [0.717, 1.165) is 32.2 Å². The van der Waals surface area contributed by atoms with Gasteiger partial charge in [0.1, 0.15) is 11.9 Å². The van der Waals surface area contributed by atoms with Crippen molar-refractivity contribution in [2.45, 2.75) is 58.0 Å². The maximum absolute atomic E-state index is 12.4. The molecule has 1 aliphatic rings. The molecule has 0 unspecified atom stereocenters. The van der Waals surface area contributed by atoms with Crippen LogP contribution in [0.4, 0.5) is 10.5 Å². The number of hydrogen-bond donors (Lipinski definition) is 1. The van der Waals surface area contributed by atoms with Crippen molar-refractivity contribution in [1.29, 1.82) is 0 Å². The van der Waals surface area contributed by atoms with Crippen LogP contribution in [0.3, 0.4) is 0 Å². The highest BCUT2D eigenvalue weighted by Gasteiger charge is 2.30. The van der Waals surface area contributed by atoms with Gasteiger partial charge in [0.05, 0.1) is 12.3 Å². The summed E-state index contributed by atoms with van der Waals surface area (Å²) < 4.78 is 11.6. The van der Waals surface area contributed by atoms with E-state index in [2.05, 4.69) is 31.2 Å². The van der Waals surface area contributed by atoms with Crippen molar-refractivity contribution in [2.24, 2.45) is 5.92 Å². The Morgan fingerprint density at radius 1 is 1.19 bits per heavy atom. The molecule has 2 rings (SSSR count). The predicted molar refractivity (Wildman–Crippen MR) is 106 cm³/mol. The SMILES string of the molecule is CCCCCCOc1ccccc1NC(=O)O[C@H]1CCC[C@H]1CN(C)C. The van der Waals surface area contributed by atoms with E-state index in [1.54, 1.807) is 0 Å². The molecule has 1 aromatic rings. The summed E-state index contributed by atoms with van der Waals surface area (Å²) in [6.45, 7) is 3.82. The van der Waals surface area contributed by atoms with Crippen molar-refractivity contribution in [3.05, 3.63) is 24.3 Å². The van der Waals surface area contributed by atoms with Crippen LogP contribution in [0.15, 0.2) is 24.3 Å². The highest BCUT2D eigenvalue weighted by atomic mass is 16.6. The Hall–Kier alpha value is -1.75. The molecule has 1 amide bonds. The van der Waals surface area contributed by atoms with E-state index in [4.69, 9.17) is 9.47 Å². The molecule has 0 spiro atoms. The number of amides is 1. The number of para-hydroxylation sites is 2. The van der Waals surface area contributed by atoms with Gasteiger partial charge in [0.2, 0.25) is 0 Å². The Bertz CT molecular complexity index is 548. The maximum Gasteiger partial charge on any atom is 0.412 e. The average molecular weight is 363 g/mol. The van der Waals surface area contributed by atoms with Crippen molar-refractivity contribution < 1.29 is 14.3 Å². The fourth-order valence-corrected chi connectivity index (χ4v) is 3.52. The lowest BCUT2D eigenvalue weighted by Gasteiger charge is -2.23. The lowest BCUT2D eigenvalue weighted by atomic mass is 10.1. The Balaban J connectivity index is 1.84. The molecule has 0 aromatic heterocycles. The molecule has 0 aliphatic heterocycles. The Kier molecular flexibility index (Phi) is 8.75. The van der Waals surface area contributed by atoms with Crippen LogP contribution in [0.1, 0.15) is 51.9 Å². The van der Waals surface area contributed by atoms with E-state index in [1.807, 2.05) is 24.3 Å². The number of rotatable bonds is 10. The third-order valence-corrected chi connectivity index (χ3v) is 4.83. The summed E-state index contributed by atoms with van der Waals surface area (Å²) in [7, 11) is 4.12. The minimum atomic E-state index is -0.386. The molecular weight excluding hydrogens is 328 g/mol. The van der Waals surface area contributed by atoms with Gasteiger partial charge in [-0.15, -0.1) is 0 Å². The molecule has 146 valence electrons. The zero-order chi connectivity index (χ0) is 18.8. The minimum Gasteiger partial charge on any atom is -0.491 e. The van der Waals surface area contributed by atoms with Crippen LogP contribution in [-0.4, -0.2) is 44.3 Å². The summed E-state index contributed by atoms with van der Waals surface area (Å²) in [6, 6.07) is 7.56. The monoisotopic (exact) mass is 362 g/mol. The summed E-state index contributed by atoms with van der Waals surface area (Å²) in [6.07, 6.45) is 7.43. The lowest BCUT2D eigenvalue weighted by molar-refractivity contribution is 0.0780. The predicted octanol–water partition coefficient (Wildman–Crippen LogP) is 4.92. The first kappa shape index (κ1) is 20.6. The standard InChI is InChI=1S/C21H34N2O3/c1-4-5-6-9-15-25-20-13-8-7-12-18(20)22-21(24)26-19-14-10-11-17(19)16-23(2)3/h7-8,12-13,17,19H,4-6,9-11,14-16H2,1-3H3,(H,22,24)/t17-,19-/m0/s1. The summed E-state index contributed by atoms with van der Waals surface area (Å²) in [4.78, 5) is 14.5. The topological polar surface area (TPSA) is 50.8 Å². The second-order valence-electron chi connectivity index (χ2n) is 7.43. The van der Waals surface area contributed by atoms with Crippen molar-refractivity contribution >= 4 is 11.8 Å². The molecule has 1 aliphatic carbocycles. The molecule has 5 nitrogen and oxygen atoms in total. The second kappa shape index (κ2) is 11.1.